The van der Waals surface area contributed by atoms with Gasteiger partial charge in [-0.2, -0.15) is 8.75 Å². The van der Waals surface area contributed by atoms with Crippen LogP contribution >= 0.6 is 11.7 Å². The number of aromatic nitrogens is 3. The summed E-state index contributed by atoms with van der Waals surface area (Å²) in [6.45, 7) is 0.609. The molecule has 1 aliphatic carbocycles. The molecule has 1 fully saturated rings. The third-order valence-corrected chi connectivity index (χ3v) is 5.68. The summed E-state index contributed by atoms with van der Waals surface area (Å²) in [5.74, 6) is 0.256. The maximum Gasteiger partial charge on any atom is 0.240 e. The standard InChI is InChI=1S/C21H18N4O2S/c26-20(22-10-13-5-8-17-18(9-13)24-28-23-17)12-25-11-16(21(27)14-6-7-14)15-3-1-2-4-19(15)25/h1-5,8-9,11,14H,6-7,10,12H2,(H,22,26). The summed E-state index contributed by atoms with van der Waals surface area (Å²) in [4.78, 5) is 25.1. The highest BCUT2D eigenvalue weighted by Crippen LogP contribution is 2.35. The van der Waals surface area contributed by atoms with Gasteiger partial charge in [0, 0.05) is 35.1 Å². The lowest BCUT2D eigenvalue weighted by molar-refractivity contribution is -0.121. The first-order chi connectivity index (χ1) is 13.7. The van der Waals surface area contributed by atoms with Crippen LogP contribution in [0.15, 0.2) is 48.7 Å². The van der Waals surface area contributed by atoms with Crippen molar-refractivity contribution in [2.45, 2.75) is 25.9 Å². The van der Waals surface area contributed by atoms with Crippen molar-refractivity contribution >= 4 is 45.4 Å². The lowest BCUT2D eigenvalue weighted by Gasteiger charge is -2.07. The fourth-order valence-corrected chi connectivity index (χ4v) is 4.01. The quantitative estimate of drug-likeness (QED) is 0.511. The summed E-state index contributed by atoms with van der Waals surface area (Å²) in [5.41, 5.74) is 4.34. The van der Waals surface area contributed by atoms with Crippen LogP contribution in [-0.4, -0.2) is 25.0 Å². The first kappa shape index (κ1) is 17.1. The maximum atomic E-state index is 12.6. The van der Waals surface area contributed by atoms with Gasteiger partial charge >= 0.3 is 0 Å². The molecule has 0 radical (unpaired) electrons. The second-order valence-corrected chi connectivity index (χ2v) is 7.72. The van der Waals surface area contributed by atoms with E-state index in [1.165, 1.54) is 11.7 Å². The predicted octanol–water partition coefficient (Wildman–Crippen LogP) is 3.56. The molecule has 0 unspecified atom stereocenters. The lowest BCUT2D eigenvalue weighted by Crippen LogP contribution is -2.26. The molecule has 0 atom stereocenters. The van der Waals surface area contributed by atoms with E-state index >= 15 is 0 Å². The zero-order chi connectivity index (χ0) is 19.1. The summed E-state index contributed by atoms with van der Waals surface area (Å²) in [6.07, 6.45) is 3.77. The molecule has 0 bridgehead atoms. The molecule has 4 aromatic rings. The molecule has 2 heterocycles. The fourth-order valence-electron chi connectivity index (χ4n) is 3.49. The molecular weight excluding hydrogens is 372 g/mol. The third kappa shape index (κ3) is 3.18. The Labute approximate surface area is 165 Å². The Morgan fingerprint density at radius 3 is 2.79 bits per heavy atom. The van der Waals surface area contributed by atoms with Gasteiger partial charge in [-0.25, -0.2) is 0 Å². The van der Waals surface area contributed by atoms with E-state index in [0.29, 0.717) is 6.54 Å². The molecule has 1 amide bonds. The Morgan fingerprint density at radius 1 is 1.11 bits per heavy atom. The molecule has 5 rings (SSSR count). The Kier molecular flexibility index (Phi) is 4.16. The molecule has 2 aromatic carbocycles. The molecule has 1 aliphatic rings. The Hall–Kier alpha value is -3.06. The number of para-hydroxylation sites is 1. The van der Waals surface area contributed by atoms with E-state index < -0.39 is 0 Å². The molecular formula is C21H18N4O2S. The average molecular weight is 390 g/mol. The van der Waals surface area contributed by atoms with Crippen LogP contribution in [0.3, 0.4) is 0 Å². The molecule has 28 heavy (non-hydrogen) atoms. The largest absolute Gasteiger partial charge is 0.350 e. The zero-order valence-electron chi connectivity index (χ0n) is 15.1. The van der Waals surface area contributed by atoms with Crippen LogP contribution in [0.25, 0.3) is 21.9 Å². The van der Waals surface area contributed by atoms with Gasteiger partial charge in [-0.3, -0.25) is 9.59 Å². The minimum Gasteiger partial charge on any atom is -0.350 e. The topological polar surface area (TPSA) is 76.9 Å². The van der Waals surface area contributed by atoms with Crippen molar-refractivity contribution < 1.29 is 9.59 Å². The third-order valence-electron chi connectivity index (χ3n) is 5.12. The van der Waals surface area contributed by atoms with Crippen LogP contribution in [-0.2, 0) is 17.9 Å². The van der Waals surface area contributed by atoms with Gasteiger partial charge in [0.2, 0.25) is 5.91 Å². The van der Waals surface area contributed by atoms with E-state index in [9.17, 15) is 9.59 Å². The Morgan fingerprint density at radius 2 is 1.93 bits per heavy atom. The number of amides is 1. The number of rotatable bonds is 6. The number of Topliss-reactive ketones (excluding diaryl/α,β-unsaturated/α-hetero) is 1. The number of nitrogens with one attached hydrogen (secondary N) is 1. The minimum absolute atomic E-state index is 0.0947. The Balaban J connectivity index is 1.33. The second-order valence-electron chi connectivity index (χ2n) is 7.19. The smallest absolute Gasteiger partial charge is 0.240 e. The second kappa shape index (κ2) is 6.83. The van der Waals surface area contributed by atoms with E-state index in [4.69, 9.17) is 0 Å². The summed E-state index contributed by atoms with van der Waals surface area (Å²) in [5, 5.41) is 3.88. The van der Waals surface area contributed by atoms with Gasteiger partial charge < -0.3 is 9.88 Å². The predicted molar refractivity (Wildman–Crippen MR) is 108 cm³/mol. The first-order valence-electron chi connectivity index (χ1n) is 9.29. The van der Waals surface area contributed by atoms with Crippen LogP contribution in [0.5, 0.6) is 0 Å². The zero-order valence-corrected chi connectivity index (χ0v) is 15.9. The number of hydrogen-bond acceptors (Lipinski definition) is 5. The van der Waals surface area contributed by atoms with E-state index in [2.05, 4.69) is 14.1 Å². The van der Waals surface area contributed by atoms with Gasteiger partial charge in [-0.1, -0.05) is 24.3 Å². The van der Waals surface area contributed by atoms with Crippen molar-refractivity contribution in [3.05, 3.63) is 59.8 Å². The van der Waals surface area contributed by atoms with Gasteiger partial charge in [0.1, 0.15) is 17.6 Å². The normalized spacial score (nSPS) is 13.9. The lowest BCUT2D eigenvalue weighted by atomic mass is 10.1. The number of ketones is 1. The summed E-state index contributed by atoms with van der Waals surface area (Å²) < 4.78 is 10.3. The van der Waals surface area contributed by atoms with E-state index in [1.807, 2.05) is 53.2 Å². The highest BCUT2D eigenvalue weighted by Gasteiger charge is 2.32. The van der Waals surface area contributed by atoms with Gasteiger partial charge in [0.25, 0.3) is 0 Å². The van der Waals surface area contributed by atoms with Crippen molar-refractivity contribution in [3.63, 3.8) is 0 Å². The summed E-state index contributed by atoms with van der Waals surface area (Å²) in [6, 6.07) is 13.6. The van der Waals surface area contributed by atoms with Gasteiger partial charge in [0.05, 0.1) is 11.7 Å². The van der Waals surface area contributed by atoms with Crippen molar-refractivity contribution in [3.8, 4) is 0 Å². The number of fused-ring (bicyclic) bond motifs is 2. The van der Waals surface area contributed by atoms with Crippen molar-refractivity contribution in [2.75, 3.05) is 0 Å². The van der Waals surface area contributed by atoms with E-state index in [-0.39, 0.29) is 24.2 Å². The highest BCUT2D eigenvalue weighted by molar-refractivity contribution is 7.00. The SMILES string of the molecule is O=C(Cn1cc(C(=O)C2CC2)c2ccccc21)NCc1ccc2nsnc2c1. The number of hydrogen-bond donors (Lipinski definition) is 1. The molecule has 140 valence electrons. The van der Waals surface area contributed by atoms with Crippen LogP contribution in [0, 0.1) is 5.92 Å². The molecule has 1 saturated carbocycles. The molecule has 0 aliphatic heterocycles. The van der Waals surface area contributed by atoms with Gasteiger partial charge in [-0.15, -0.1) is 0 Å². The maximum absolute atomic E-state index is 12.6. The van der Waals surface area contributed by atoms with Crippen molar-refractivity contribution in [1.82, 2.24) is 18.6 Å². The highest BCUT2D eigenvalue weighted by atomic mass is 32.1. The fraction of sp³-hybridized carbons (Fsp3) is 0.238. The number of carbonyl (C=O) groups excluding carboxylic acids is 2. The number of benzene rings is 2. The first-order valence-corrected chi connectivity index (χ1v) is 10.0. The van der Waals surface area contributed by atoms with Gasteiger partial charge in [-0.05, 0) is 36.6 Å². The summed E-state index contributed by atoms with van der Waals surface area (Å²) in [7, 11) is 0. The monoisotopic (exact) mass is 390 g/mol. The number of nitrogens with zero attached hydrogens (tertiary/aromatic N) is 3. The molecule has 7 heteroatoms. The van der Waals surface area contributed by atoms with Crippen LogP contribution < -0.4 is 5.32 Å². The number of carbonyl (C=O) groups is 2. The molecule has 0 spiro atoms. The summed E-state index contributed by atoms with van der Waals surface area (Å²) >= 11 is 1.18. The van der Waals surface area contributed by atoms with Crippen molar-refractivity contribution in [2.24, 2.45) is 5.92 Å². The van der Waals surface area contributed by atoms with E-state index in [0.717, 1.165) is 45.9 Å². The van der Waals surface area contributed by atoms with Crippen LogP contribution in [0.2, 0.25) is 0 Å². The average Bonchev–Trinajstić information content (AvgIpc) is 3.36. The molecule has 6 nitrogen and oxygen atoms in total. The van der Waals surface area contributed by atoms with Crippen molar-refractivity contribution in [1.29, 1.82) is 0 Å². The van der Waals surface area contributed by atoms with Crippen LogP contribution in [0.1, 0.15) is 28.8 Å². The van der Waals surface area contributed by atoms with E-state index in [1.54, 1.807) is 0 Å². The minimum atomic E-state index is -0.0947. The van der Waals surface area contributed by atoms with Gasteiger partial charge in [0.15, 0.2) is 5.78 Å². The molecule has 0 saturated heterocycles. The molecule has 1 N–H and O–H groups in total. The Bertz CT molecular complexity index is 1210. The molecule has 2 aromatic heterocycles. The van der Waals surface area contributed by atoms with Crippen LogP contribution in [0.4, 0.5) is 0 Å².